The second-order valence-corrected chi connectivity index (χ2v) is 4.92. The van der Waals surface area contributed by atoms with Crippen LogP contribution in [0.25, 0.3) is 0 Å². The van der Waals surface area contributed by atoms with Crippen molar-refractivity contribution in [2.75, 3.05) is 0 Å². The van der Waals surface area contributed by atoms with Crippen LogP contribution in [-0.2, 0) is 16.6 Å². The van der Waals surface area contributed by atoms with Crippen molar-refractivity contribution >= 4 is 10.0 Å². The van der Waals surface area contributed by atoms with Crippen molar-refractivity contribution in [3.63, 3.8) is 0 Å². The monoisotopic (exact) mass is 256 g/mol. The summed E-state index contributed by atoms with van der Waals surface area (Å²) in [6.07, 6.45) is 1.26. The van der Waals surface area contributed by atoms with Gasteiger partial charge in [0, 0.05) is 0 Å². The maximum atomic E-state index is 13.3. The molecule has 17 heavy (non-hydrogen) atoms. The molecule has 0 bridgehead atoms. The van der Waals surface area contributed by atoms with Gasteiger partial charge in [-0.2, -0.15) is 5.10 Å². The third-order valence-corrected chi connectivity index (χ3v) is 3.46. The summed E-state index contributed by atoms with van der Waals surface area (Å²) in [5, 5.41) is 6.06. The first-order chi connectivity index (χ1) is 8.09. The summed E-state index contributed by atoms with van der Waals surface area (Å²) in [5.41, 5.74) is 0. The number of halogens is 1. The molecule has 1 heterocycles. The highest BCUT2D eigenvalue weighted by atomic mass is 32.2. The number of benzene rings is 1. The van der Waals surface area contributed by atoms with Gasteiger partial charge in [-0.25, -0.2) is 22.5 Å². The Balaban J connectivity index is 2.17. The molecule has 1 aromatic carbocycles. The van der Waals surface area contributed by atoms with Crippen LogP contribution in [-0.4, -0.2) is 23.6 Å². The summed E-state index contributed by atoms with van der Waals surface area (Å²) in [7, 11) is -3.88. The molecule has 0 aliphatic carbocycles. The maximum Gasteiger partial charge on any atom is 0.243 e. The largest absolute Gasteiger partial charge is 0.262 e. The van der Waals surface area contributed by atoms with E-state index in [1.807, 2.05) is 0 Å². The Morgan fingerprint density at radius 2 is 2.12 bits per heavy atom. The first-order valence-corrected chi connectivity index (χ1v) is 6.16. The van der Waals surface area contributed by atoms with E-state index in [0.29, 0.717) is 5.82 Å². The lowest BCUT2D eigenvalue weighted by Crippen LogP contribution is -2.24. The van der Waals surface area contributed by atoms with Gasteiger partial charge in [-0.3, -0.25) is 5.10 Å². The number of nitrogens with zero attached hydrogens (tertiary/aromatic N) is 2. The van der Waals surface area contributed by atoms with Gasteiger partial charge in [0.25, 0.3) is 0 Å². The summed E-state index contributed by atoms with van der Waals surface area (Å²) >= 11 is 0. The van der Waals surface area contributed by atoms with Crippen LogP contribution in [0.15, 0.2) is 35.5 Å². The lowest BCUT2D eigenvalue weighted by atomic mass is 10.4. The number of H-pyrrole nitrogens is 1. The number of aromatic nitrogens is 3. The Labute approximate surface area is 96.9 Å². The minimum absolute atomic E-state index is 0.0728. The van der Waals surface area contributed by atoms with Crippen LogP contribution in [0.1, 0.15) is 5.82 Å². The van der Waals surface area contributed by atoms with Crippen LogP contribution in [0, 0.1) is 5.82 Å². The molecule has 0 saturated heterocycles. The van der Waals surface area contributed by atoms with E-state index < -0.39 is 15.8 Å². The van der Waals surface area contributed by atoms with E-state index in [1.165, 1.54) is 24.5 Å². The second-order valence-electron chi connectivity index (χ2n) is 3.19. The quantitative estimate of drug-likeness (QED) is 0.830. The van der Waals surface area contributed by atoms with Gasteiger partial charge in [0.2, 0.25) is 10.0 Å². The van der Waals surface area contributed by atoms with Gasteiger partial charge in [0.1, 0.15) is 22.9 Å². The zero-order chi connectivity index (χ0) is 12.3. The van der Waals surface area contributed by atoms with E-state index in [1.54, 1.807) is 0 Å². The van der Waals surface area contributed by atoms with Gasteiger partial charge < -0.3 is 0 Å². The van der Waals surface area contributed by atoms with Crippen molar-refractivity contribution < 1.29 is 12.8 Å². The summed E-state index contributed by atoms with van der Waals surface area (Å²) in [6, 6.07) is 5.15. The predicted octanol–water partition coefficient (Wildman–Crippen LogP) is 0.422. The molecule has 1 aromatic heterocycles. The van der Waals surface area contributed by atoms with E-state index in [-0.39, 0.29) is 11.4 Å². The van der Waals surface area contributed by atoms with Crippen molar-refractivity contribution in [3.8, 4) is 0 Å². The zero-order valence-electron chi connectivity index (χ0n) is 8.59. The number of sulfonamides is 1. The summed E-state index contributed by atoms with van der Waals surface area (Å²) in [5.74, 6) is -0.442. The van der Waals surface area contributed by atoms with Gasteiger partial charge in [-0.15, -0.1) is 0 Å². The minimum Gasteiger partial charge on any atom is -0.262 e. The molecule has 0 unspecified atom stereocenters. The summed E-state index contributed by atoms with van der Waals surface area (Å²) < 4.78 is 39.0. The zero-order valence-corrected chi connectivity index (χ0v) is 9.41. The normalized spacial score (nSPS) is 11.6. The van der Waals surface area contributed by atoms with Gasteiger partial charge in [-0.05, 0) is 12.1 Å². The summed E-state index contributed by atoms with van der Waals surface area (Å²) in [6.45, 7) is -0.0728. The fourth-order valence-electron chi connectivity index (χ4n) is 1.22. The van der Waals surface area contributed by atoms with E-state index in [4.69, 9.17) is 0 Å². The average Bonchev–Trinajstić information content (AvgIpc) is 2.80. The Bertz CT molecular complexity index is 597. The number of hydrogen-bond donors (Lipinski definition) is 2. The molecule has 0 amide bonds. The first kappa shape index (κ1) is 11.7. The molecule has 2 N–H and O–H groups in total. The topological polar surface area (TPSA) is 87.7 Å². The number of aromatic amines is 1. The van der Waals surface area contributed by atoms with Crippen molar-refractivity contribution in [2.45, 2.75) is 11.4 Å². The molecule has 0 fully saturated rings. The fraction of sp³-hybridized carbons (Fsp3) is 0.111. The molecule has 2 aromatic rings. The van der Waals surface area contributed by atoms with Crippen molar-refractivity contribution in [3.05, 3.63) is 42.2 Å². The van der Waals surface area contributed by atoms with Crippen LogP contribution in [0.5, 0.6) is 0 Å². The fourth-order valence-corrected chi connectivity index (χ4v) is 2.28. The highest BCUT2D eigenvalue weighted by molar-refractivity contribution is 7.89. The van der Waals surface area contributed by atoms with Crippen LogP contribution in [0.4, 0.5) is 4.39 Å². The first-order valence-electron chi connectivity index (χ1n) is 4.68. The number of nitrogens with one attached hydrogen (secondary N) is 2. The van der Waals surface area contributed by atoms with Crippen molar-refractivity contribution in [1.82, 2.24) is 19.9 Å². The van der Waals surface area contributed by atoms with E-state index in [2.05, 4.69) is 19.9 Å². The summed E-state index contributed by atoms with van der Waals surface area (Å²) in [4.78, 5) is 3.36. The van der Waals surface area contributed by atoms with Crippen LogP contribution in [0.2, 0.25) is 0 Å². The Hall–Kier alpha value is -1.80. The molecule has 0 spiro atoms. The van der Waals surface area contributed by atoms with Crippen molar-refractivity contribution in [1.29, 1.82) is 0 Å². The molecular formula is C9H9FN4O2S. The molecule has 0 atom stereocenters. The molecule has 0 aliphatic rings. The van der Waals surface area contributed by atoms with Gasteiger partial charge >= 0.3 is 0 Å². The van der Waals surface area contributed by atoms with Gasteiger partial charge in [-0.1, -0.05) is 12.1 Å². The van der Waals surface area contributed by atoms with Crippen LogP contribution < -0.4 is 4.72 Å². The molecule has 0 radical (unpaired) electrons. The Kier molecular flexibility index (Phi) is 3.16. The lowest BCUT2D eigenvalue weighted by Gasteiger charge is -2.05. The Morgan fingerprint density at radius 1 is 1.35 bits per heavy atom. The molecule has 0 aliphatic heterocycles. The second kappa shape index (κ2) is 4.60. The highest BCUT2D eigenvalue weighted by Gasteiger charge is 2.18. The Morgan fingerprint density at radius 3 is 2.76 bits per heavy atom. The van der Waals surface area contributed by atoms with E-state index in [9.17, 15) is 12.8 Å². The van der Waals surface area contributed by atoms with E-state index in [0.717, 1.165) is 6.07 Å². The third-order valence-electron chi connectivity index (χ3n) is 2.02. The van der Waals surface area contributed by atoms with Gasteiger partial charge in [0.05, 0.1) is 6.54 Å². The molecule has 6 nitrogen and oxygen atoms in total. The number of hydrogen-bond acceptors (Lipinski definition) is 4. The minimum atomic E-state index is -3.88. The molecule has 8 heteroatoms. The highest BCUT2D eigenvalue weighted by Crippen LogP contribution is 2.13. The number of rotatable bonds is 4. The molecule has 90 valence electrons. The SMILES string of the molecule is O=S(=O)(NCc1ncn[nH]1)c1ccccc1F. The standard InChI is InChI=1S/C9H9FN4O2S/c10-7-3-1-2-4-8(7)17(15,16)13-5-9-11-6-12-14-9/h1-4,6,13H,5H2,(H,11,12,14). The van der Waals surface area contributed by atoms with Crippen LogP contribution in [0.3, 0.4) is 0 Å². The maximum absolute atomic E-state index is 13.3. The predicted molar refractivity (Wildman–Crippen MR) is 56.8 cm³/mol. The van der Waals surface area contributed by atoms with Crippen LogP contribution >= 0.6 is 0 Å². The molecule has 0 saturated carbocycles. The van der Waals surface area contributed by atoms with Gasteiger partial charge in [0.15, 0.2) is 0 Å². The third kappa shape index (κ3) is 2.66. The van der Waals surface area contributed by atoms with E-state index >= 15 is 0 Å². The average molecular weight is 256 g/mol. The van der Waals surface area contributed by atoms with Crippen molar-refractivity contribution in [2.24, 2.45) is 0 Å². The lowest BCUT2D eigenvalue weighted by molar-refractivity contribution is 0.555. The molecular weight excluding hydrogens is 247 g/mol. The molecule has 2 rings (SSSR count). The smallest absolute Gasteiger partial charge is 0.243 e.